The van der Waals surface area contributed by atoms with Crippen molar-refractivity contribution in [3.63, 3.8) is 0 Å². The van der Waals surface area contributed by atoms with Gasteiger partial charge in [0.1, 0.15) is 5.75 Å². The van der Waals surface area contributed by atoms with Gasteiger partial charge in [0, 0.05) is 36.5 Å². The quantitative estimate of drug-likeness (QED) is 0.449. The predicted molar refractivity (Wildman–Crippen MR) is 129 cm³/mol. The Hall–Kier alpha value is -4.27. The summed E-state index contributed by atoms with van der Waals surface area (Å²) < 4.78 is 7.07. The van der Waals surface area contributed by atoms with Gasteiger partial charge in [0.25, 0.3) is 5.91 Å². The molecule has 1 saturated carbocycles. The fourth-order valence-corrected chi connectivity index (χ4v) is 3.97. The number of benzene rings is 1. The van der Waals surface area contributed by atoms with Gasteiger partial charge in [-0.25, -0.2) is 9.97 Å². The van der Waals surface area contributed by atoms with E-state index in [1.54, 1.807) is 29.1 Å². The summed E-state index contributed by atoms with van der Waals surface area (Å²) in [6.45, 7) is 3.29. The van der Waals surface area contributed by atoms with Crippen LogP contribution in [-0.4, -0.2) is 38.7 Å². The molecule has 2 N–H and O–H groups in total. The first kappa shape index (κ1) is 21.6. The smallest absolute Gasteiger partial charge is 0.256 e. The molecule has 3 aromatic heterocycles. The number of amides is 2. The molecule has 34 heavy (non-hydrogen) atoms. The zero-order valence-electron chi connectivity index (χ0n) is 19.1. The van der Waals surface area contributed by atoms with Crippen LogP contribution in [0.4, 0.5) is 11.4 Å². The van der Waals surface area contributed by atoms with E-state index in [2.05, 4.69) is 20.7 Å². The monoisotopic (exact) mass is 456 g/mol. The van der Waals surface area contributed by atoms with E-state index in [4.69, 9.17) is 9.72 Å². The van der Waals surface area contributed by atoms with Gasteiger partial charge in [0.2, 0.25) is 5.91 Å². The van der Waals surface area contributed by atoms with Crippen LogP contribution in [0, 0.1) is 6.92 Å². The molecule has 0 atom stereocenters. The summed E-state index contributed by atoms with van der Waals surface area (Å²) in [5.41, 5.74) is 3.78. The molecule has 1 aromatic carbocycles. The molecule has 0 radical (unpaired) electrons. The van der Waals surface area contributed by atoms with Gasteiger partial charge < -0.3 is 15.4 Å². The third-order valence-electron chi connectivity index (χ3n) is 5.71. The van der Waals surface area contributed by atoms with Gasteiger partial charge in [0.05, 0.1) is 29.4 Å². The second kappa shape index (κ2) is 8.58. The standard InChI is InChI=1S/C25H24N6O3/c1-14-23-18(25(33)28-17-9-10-19(27-15(2)32)21(12-17)34-3)13-20(16-7-8-16)29-24(23)31(30-14)22-6-4-5-11-26-22/h4-6,9-13,16H,7-8H2,1-3H3,(H,27,32)(H,28,33). The normalized spacial score (nSPS) is 13.0. The number of nitrogens with one attached hydrogen (secondary N) is 2. The molecule has 1 aliphatic carbocycles. The molecule has 0 bridgehead atoms. The summed E-state index contributed by atoms with van der Waals surface area (Å²) in [6, 6.07) is 12.5. The Bertz CT molecular complexity index is 1410. The molecule has 1 aliphatic rings. The van der Waals surface area contributed by atoms with E-state index >= 15 is 0 Å². The van der Waals surface area contributed by atoms with Crippen molar-refractivity contribution in [2.24, 2.45) is 0 Å². The molecule has 0 saturated heterocycles. The van der Waals surface area contributed by atoms with Crippen molar-refractivity contribution in [1.29, 1.82) is 0 Å². The number of pyridine rings is 2. The number of rotatable bonds is 6. The highest BCUT2D eigenvalue weighted by Crippen LogP contribution is 2.41. The minimum absolute atomic E-state index is 0.206. The van der Waals surface area contributed by atoms with E-state index in [0.717, 1.165) is 18.5 Å². The number of carbonyl (C=O) groups excluding carboxylic acids is 2. The summed E-state index contributed by atoms with van der Waals surface area (Å²) in [6.07, 6.45) is 3.81. The first-order chi connectivity index (χ1) is 16.4. The molecule has 5 rings (SSSR count). The summed E-state index contributed by atoms with van der Waals surface area (Å²) in [5.74, 6) is 0.964. The molecule has 9 nitrogen and oxygen atoms in total. The summed E-state index contributed by atoms with van der Waals surface area (Å²) in [5, 5.41) is 11.0. The zero-order chi connectivity index (χ0) is 23.8. The zero-order valence-corrected chi connectivity index (χ0v) is 19.1. The average molecular weight is 457 g/mol. The Morgan fingerprint density at radius 3 is 2.62 bits per heavy atom. The van der Waals surface area contributed by atoms with Crippen LogP contribution in [0.2, 0.25) is 0 Å². The fraction of sp³-hybridized carbons (Fsp3) is 0.240. The summed E-state index contributed by atoms with van der Waals surface area (Å²) >= 11 is 0. The third-order valence-corrected chi connectivity index (χ3v) is 5.71. The van der Waals surface area contributed by atoms with Crippen LogP contribution in [0.15, 0.2) is 48.7 Å². The lowest BCUT2D eigenvalue weighted by Crippen LogP contribution is -2.14. The summed E-state index contributed by atoms with van der Waals surface area (Å²) in [7, 11) is 1.51. The lowest BCUT2D eigenvalue weighted by atomic mass is 10.1. The van der Waals surface area contributed by atoms with Gasteiger partial charge in [0.15, 0.2) is 11.5 Å². The number of hydrogen-bond acceptors (Lipinski definition) is 6. The van der Waals surface area contributed by atoms with E-state index in [0.29, 0.717) is 51.2 Å². The Balaban J connectivity index is 1.56. The average Bonchev–Trinajstić information content (AvgIpc) is 3.63. The minimum atomic E-state index is -0.271. The maximum Gasteiger partial charge on any atom is 0.256 e. The molecular weight excluding hydrogens is 432 g/mol. The molecule has 0 unspecified atom stereocenters. The van der Waals surface area contributed by atoms with Crippen LogP contribution in [0.5, 0.6) is 5.75 Å². The molecule has 9 heteroatoms. The van der Waals surface area contributed by atoms with E-state index in [-0.39, 0.29) is 11.8 Å². The largest absolute Gasteiger partial charge is 0.494 e. The highest BCUT2D eigenvalue weighted by molar-refractivity contribution is 6.13. The number of anilines is 2. The van der Waals surface area contributed by atoms with Crippen LogP contribution >= 0.6 is 0 Å². The van der Waals surface area contributed by atoms with Crippen molar-refractivity contribution in [2.75, 3.05) is 17.7 Å². The number of ether oxygens (including phenoxy) is 1. The van der Waals surface area contributed by atoms with Crippen molar-refractivity contribution >= 4 is 34.2 Å². The van der Waals surface area contributed by atoms with Crippen LogP contribution in [0.3, 0.4) is 0 Å². The number of aryl methyl sites for hydroxylation is 1. The van der Waals surface area contributed by atoms with Gasteiger partial charge >= 0.3 is 0 Å². The van der Waals surface area contributed by atoms with Crippen LogP contribution in [-0.2, 0) is 4.79 Å². The van der Waals surface area contributed by atoms with Gasteiger partial charge in [-0.1, -0.05) is 6.07 Å². The van der Waals surface area contributed by atoms with Crippen molar-refractivity contribution in [3.05, 3.63) is 65.6 Å². The van der Waals surface area contributed by atoms with Crippen molar-refractivity contribution in [3.8, 4) is 11.6 Å². The predicted octanol–water partition coefficient (Wildman–Crippen LogP) is 4.22. The first-order valence-corrected chi connectivity index (χ1v) is 11.0. The number of hydrogen-bond donors (Lipinski definition) is 2. The first-order valence-electron chi connectivity index (χ1n) is 11.0. The second-order valence-electron chi connectivity index (χ2n) is 8.30. The van der Waals surface area contributed by atoms with Crippen LogP contribution < -0.4 is 15.4 Å². The van der Waals surface area contributed by atoms with Gasteiger partial charge in [-0.3, -0.25) is 9.59 Å². The number of nitrogens with zero attached hydrogens (tertiary/aromatic N) is 4. The SMILES string of the molecule is COc1cc(NC(=O)c2cc(C3CC3)nc3c2c(C)nn3-c2ccccn2)ccc1NC(C)=O. The Morgan fingerprint density at radius 1 is 1.12 bits per heavy atom. The van der Waals surface area contributed by atoms with Crippen molar-refractivity contribution in [2.45, 2.75) is 32.6 Å². The van der Waals surface area contributed by atoms with Gasteiger partial charge in [-0.05, 0) is 50.1 Å². The number of carbonyl (C=O) groups is 2. The lowest BCUT2D eigenvalue weighted by molar-refractivity contribution is -0.114. The maximum atomic E-state index is 13.5. The van der Waals surface area contributed by atoms with Crippen molar-refractivity contribution < 1.29 is 14.3 Å². The number of fused-ring (bicyclic) bond motifs is 1. The number of methoxy groups -OCH3 is 1. The molecule has 172 valence electrons. The molecule has 0 spiro atoms. The number of aromatic nitrogens is 4. The molecule has 4 aromatic rings. The second-order valence-corrected chi connectivity index (χ2v) is 8.30. The van der Waals surface area contributed by atoms with Gasteiger partial charge in [-0.15, -0.1) is 0 Å². The molecule has 3 heterocycles. The van der Waals surface area contributed by atoms with E-state index in [9.17, 15) is 9.59 Å². The highest BCUT2D eigenvalue weighted by Gasteiger charge is 2.29. The van der Waals surface area contributed by atoms with E-state index in [1.807, 2.05) is 31.2 Å². The minimum Gasteiger partial charge on any atom is -0.494 e. The third kappa shape index (κ3) is 4.07. The molecule has 0 aliphatic heterocycles. The molecule has 1 fully saturated rings. The topological polar surface area (TPSA) is 111 Å². The van der Waals surface area contributed by atoms with E-state index < -0.39 is 0 Å². The van der Waals surface area contributed by atoms with Crippen LogP contribution in [0.25, 0.3) is 16.9 Å². The Morgan fingerprint density at radius 2 is 1.94 bits per heavy atom. The van der Waals surface area contributed by atoms with E-state index in [1.165, 1.54) is 14.0 Å². The summed E-state index contributed by atoms with van der Waals surface area (Å²) in [4.78, 5) is 34.2. The van der Waals surface area contributed by atoms with Gasteiger partial charge in [-0.2, -0.15) is 9.78 Å². The maximum absolute atomic E-state index is 13.5. The fourth-order valence-electron chi connectivity index (χ4n) is 3.97. The van der Waals surface area contributed by atoms with Crippen LogP contribution in [0.1, 0.15) is 47.4 Å². The highest BCUT2D eigenvalue weighted by atomic mass is 16.5. The lowest BCUT2D eigenvalue weighted by Gasteiger charge is -2.13. The van der Waals surface area contributed by atoms with Crippen molar-refractivity contribution in [1.82, 2.24) is 19.7 Å². The Labute approximate surface area is 196 Å². The molecule has 2 amide bonds. The molecular formula is C25H24N6O3. The Kier molecular flexibility index (Phi) is 5.45.